The van der Waals surface area contributed by atoms with Crippen molar-refractivity contribution in [2.75, 3.05) is 6.61 Å². The molecule has 0 aliphatic heterocycles. The Labute approximate surface area is 132 Å². The molecule has 5 heteroatoms. The molecule has 0 aromatic carbocycles. The highest BCUT2D eigenvalue weighted by Crippen LogP contribution is 2.35. The zero-order valence-electron chi connectivity index (χ0n) is 13.9. The molecule has 0 aliphatic rings. The minimum absolute atomic E-state index is 0.0853. The van der Waals surface area contributed by atoms with Gasteiger partial charge < -0.3 is 9.84 Å². The van der Waals surface area contributed by atoms with E-state index in [9.17, 15) is 9.90 Å². The second kappa shape index (κ2) is 7.37. The average Bonchev–Trinajstić information content (AvgIpc) is 2.41. The molecule has 0 fully saturated rings. The molecule has 0 saturated carbocycles. The number of ether oxygens (including phenoxy) is 1. The van der Waals surface area contributed by atoms with Gasteiger partial charge in [-0.3, -0.25) is 4.98 Å². The molecule has 5 nitrogen and oxygen atoms in total. The normalized spacial score (nSPS) is 13.0. The van der Waals surface area contributed by atoms with Gasteiger partial charge in [-0.25, -0.2) is 9.78 Å². The molecule has 120 valence electrons. The van der Waals surface area contributed by atoms with Crippen LogP contribution in [0.15, 0.2) is 18.6 Å². The maximum Gasteiger partial charge on any atom is 0.359 e. The molecule has 1 atom stereocenters. The number of aromatic nitrogens is 2. The monoisotopic (exact) mass is 304 g/mol. The molecule has 1 N–H and O–H groups in total. The van der Waals surface area contributed by atoms with Crippen LogP contribution in [-0.2, 0) is 4.74 Å². The summed E-state index contributed by atoms with van der Waals surface area (Å²) in [5.74, 6) is 4.85. The molecular formula is C17H24N2O3. The van der Waals surface area contributed by atoms with Crippen LogP contribution in [0, 0.1) is 22.7 Å². The molecule has 0 spiro atoms. The van der Waals surface area contributed by atoms with Crippen molar-refractivity contribution in [1.29, 1.82) is 0 Å². The summed E-state index contributed by atoms with van der Waals surface area (Å²) in [5, 5.41) is 10.2. The molecule has 0 saturated heterocycles. The average molecular weight is 304 g/mol. The molecule has 0 radical (unpaired) electrons. The van der Waals surface area contributed by atoms with Crippen molar-refractivity contribution in [2.24, 2.45) is 10.8 Å². The van der Waals surface area contributed by atoms with Gasteiger partial charge in [-0.05, 0) is 11.8 Å². The van der Waals surface area contributed by atoms with Crippen LogP contribution in [0.3, 0.4) is 0 Å². The Hall–Kier alpha value is -1.93. The molecule has 1 heterocycles. The van der Waals surface area contributed by atoms with Gasteiger partial charge in [0.05, 0.1) is 6.20 Å². The lowest BCUT2D eigenvalue weighted by atomic mass is 9.73. The van der Waals surface area contributed by atoms with Gasteiger partial charge in [0.1, 0.15) is 6.10 Å². The lowest BCUT2D eigenvalue weighted by Crippen LogP contribution is -2.32. The largest absolute Gasteiger partial charge is 0.448 e. The summed E-state index contributed by atoms with van der Waals surface area (Å²) in [6.45, 7) is 10.2. The summed E-state index contributed by atoms with van der Waals surface area (Å²) < 4.78 is 4.97. The standard InChI is InChI=1S/C17H24N2O3/c1-16(2,3)12-17(4,5)14(20)7-6-10-22-15(21)13-11-18-8-9-19-13/h8-9,11,14,20H,10,12H2,1-5H3. The first kappa shape index (κ1) is 18.1. The van der Waals surface area contributed by atoms with E-state index in [4.69, 9.17) is 4.74 Å². The first-order chi connectivity index (χ1) is 10.1. The van der Waals surface area contributed by atoms with Crippen molar-refractivity contribution >= 4 is 5.97 Å². The fourth-order valence-corrected chi connectivity index (χ4v) is 2.38. The second-order valence-electron chi connectivity index (χ2n) is 7.12. The van der Waals surface area contributed by atoms with Gasteiger partial charge in [0.15, 0.2) is 12.3 Å². The summed E-state index contributed by atoms with van der Waals surface area (Å²) >= 11 is 0. The third-order valence-electron chi connectivity index (χ3n) is 3.01. The number of carbonyl (C=O) groups excluding carboxylic acids is 1. The van der Waals surface area contributed by atoms with Gasteiger partial charge in [-0.1, -0.05) is 46.5 Å². The minimum Gasteiger partial charge on any atom is -0.448 e. The molecular weight excluding hydrogens is 280 g/mol. The number of rotatable bonds is 4. The van der Waals surface area contributed by atoms with E-state index >= 15 is 0 Å². The van der Waals surface area contributed by atoms with Crippen LogP contribution in [0.4, 0.5) is 0 Å². The summed E-state index contributed by atoms with van der Waals surface area (Å²) in [6.07, 6.45) is 4.28. The number of aliphatic hydroxyl groups is 1. The maximum atomic E-state index is 11.6. The fraction of sp³-hybridized carbons (Fsp3) is 0.588. The molecule has 22 heavy (non-hydrogen) atoms. The molecule has 0 aliphatic carbocycles. The molecule has 0 amide bonds. The van der Waals surface area contributed by atoms with Gasteiger partial charge >= 0.3 is 5.97 Å². The summed E-state index contributed by atoms with van der Waals surface area (Å²) in [6, 6.07) is 0. The lowest BCUT2D eigenvalue weighted by molar-refractivity contribution is 0.0541. The van der Waals surface area contributed by atoms with Crippen LogP contribution in [0.25, 0.3) is 0 Å². The minimum atomic E-state index is -0.776. The first-order valence-corrected chi connectivity index (χ1v) is 7.21. The van der Waals surface area contributed by atoms with Gasteiger partial charge in [0, 0.05) is 17.8 Å². The van der Waals surface area contributed by atoms with E-state index in [1.807, 2.05) is 13.8 Å². The van der Waals surface area contributed by atoms with Crippen molar-refractivity contribution in [3.8, 4) is 11.8 Å². The Morgan fingerprint density at radius 3 is 2.55 bits per heavy atom. The van der Waals surface area contributed by atoms with E-state index in [2.05, 4.69) is 42.6 Å². The van der Waals surface area contributed by atoms with Crippen molar-refractivity contribution < 1.29 is 14.6 Å². The van der Waals surface area contributed by atoms with Gasteiger partial charge in [0.25, 0.3) is 0 Å². The maximum absolute atomic E-state index is 11.6. The van der Waals surface area contributed by atoms with Crippen LogP contribution in [-0.4, -0.2) is 33.8 Å². The van der Waals surface area contributed by atoms with E-state index in [0.717, 1.165) is 6.42 Å². The number of nitrogens with zero attached hydrogens (tertiary/aromatic N) is 2. The number of carbonyl (C=O) groups is 1. The van der Waals surface area contributed by atoms with Crippen molar-refractivity contribution in [3.05, 3.63) is 24.3 Å². The van der Waals surface area contributed by atoms with Gasteiger partial charge in [0.2, 0.25) is 0 Å². The zero-order valence-corrected chi connectivity index (χ0v) is 13.9. The SMILES string of the molecule is CC(C)(C)CC(C)(C)C(O)C#CCOC(=O)c1cnccn1. The Morgan fingerprint density at radius 1 is 1.32 bits per heavy atom. The van der Waals surface area contributed by atoms with E-state index in [1.54, 1.807) is 0 Å². The van der Waals surface area contributed by atoms with Gasteiger partial charge in [-0.15, -0.1) is 0 Å². The van der Waals surface area contributed by atoms with Crippen molar-refractivity contribution in [1.82, 2.24) is 9.97 Å². The smallest absolute Gasteiger partial charge is 0.359 e. The number of esters is 1. The highest BCUT2D eigenvalue weighted by molar-refractivity contribution is 5.86. The predicted octanol–water partition coefficient (Wildman–Crippen LogP) is 2.46. The van der Waals surface area contributed by atoms with E-state index in [1.165, 1.54) is 18.6 Å². The topological polar surface area (TPSA) is 72.3 Å². The lowest BCUT2D eigenvalue weighted by Gasteiger charge is -2.34. The first-order valence-electron chi connectivity index (χ1n) is 7.21. The Bertz CT molecular complexity index is 551. The molecule has 1 rings (SSSR count). The number of hydrogen-bond donors (Lipinski definition) is 1. The molecule has 1 unspecified atom stereocenters. The number of aliphatic hydroxyl groups excluding tert-OH is 1. The van der Waals surface area contributed by atoms with Crippen molar-refractivity contribution in [2.45, 2.75) is 47.1 Å². The summed E-state index contributed by atoms with van der Waals surface area (Å²) in [4.78, 5) is 19.2. The van der Waals surface area contributed by atoms with E-state index < -0.39 is 12.1 Å². The Morgan fingerprint density at radius 2 is 2.00 bits per heavy atom. The molecule has 0 bridgehead atoms. The fourth-order valence-electron chi connectivity index (χ4n) is 2.38. The van der Waals surface area contributed by atoms with Crippen LogP contribution >= 0.6 is 0 Å². The third-order valence-corrected chi connectivity index (χ3v) is 3.01. The Kier molecular flexibility index (Phi) is 6.07. The van der Waals surface area contributed by atoms with E-state index in [-0.39, 0.29) is 23.1 Å². The van der Waals surface area contributed by atoms with Crippen LogP contribution in [0.1, 0.15) is 51.5 Å². The quantitative estimate of drug-likeness (QED) is 0.683. The van der Waals surface area contributed by atoms with Crippen LogP contribution in [0.5, 0.6) is 0 Å². The van der Waals surface area contributed by atoms with Crippen molar-refractivity contribution in [3.63, 3.8) is 0 Å². The zero-order chi connectivity index (χ0) is 16.8. The van der Waals surface area contributed by atoms with Crippen LogP contribution in [0.2, 0.25) is 0 Å². The molecule has 1 aromatic rings. The van der Waals surface area contributed by atoms with Crippen LogP contribution < -0.4 is 0 Å². The third kappa shape index (κ3) is 6.23. The summed E-state index contributed by atoms with van der Waals surface area (Å²) in [5.41, 5.74) is -0.0944. The molecule has 1 aromatic heterocycles. The highest BCUT2D eigenvalue weighted by atomic mass is 16.5. The predicted molar refractivity (Wildman–Crippen MR) is 84.0 cm³/mol. The highest BCUT2D eigenvalue weighted by Gasteiger charge is 2.31. The number of hydrogen-bond acceptors (Lipinski definition) is 5. The van der Waals surface area contributed by atoms with Gasteiger partial charge in [-0.2, -0.15) is 0 Å². The Balaban J connectivity index is 2.52. The van der Waals surface area contributed by atoms with E-state index in [0.29, 0.717) is 0 Å². The summed E-state index contributed by atoms with van der Waals surface area (Å²) in [7, 11) is 0. The second-order valence-corrected chi connectivity index (χ2v) is 7.12.